The van der Waals surface area contributed by atoms with Crippen LogP contribution in [0.5, 0.6) is 0 Å². The minimum absolute atomic E-state index is 0.481. The normalized spacial score (nSPS) is 13.6. The lowest BCUT2D eigenvalue weighted by Crippen LogP contribution is -2.14. The standard InChI is InChI=1S/C13H11BrF3NO/c1-7-6-8(13(15,16)17)2-3-9(7)12(18)10-4-5-11(14)19-10/h2-6,12H,18H2,1H3. The summed E-state index contributed by atoms with van der Waals surface area (Å²) in [5.41, 5.74) is 6.40. The number of benzene rings is 1. The average Bonchev–Trinajstić information content (AvgIpc) is 2.73. The number of aryl methyl sites for hydroxylation is 1. The Kier molecular flexibility index (Phi) is 3.73. The zero-order valence-corrected chi connectivity index (χ0v) is 11.5. The molecular weight excluding hydrogens is 323 g/mol. The van der Waals surface area contributed by atoms with E-state index in [1.54, 1.807) is 19.1 Å². The number of furan rings is 1. The molecule has 0 saturated carbocycles. The Morgan fingerprint density at radius 2 is 1.89 bits per heavy atom. The van der Waals surface area contributed by atoms with Gasteiger partial charge >= 0.3 is 6.18 Å². The van der Waals surface area contributed by atoms with Gasteiger partial charge in [0.15, 0.2) is 4.67 Å². The number of hydrogen-bond acceptors (Lipinski definition) is 2. The average molecular weight is 334 g/mol. The van der Waals surface area contributed by atoms with Crippen LogP contribution in [0.2, 0.25) is 0 Å². The van der Waals surface area contributed by atoms with Gasteiger partial charge in [0.05, 0.1) is 11.6 Å². The van der Waals surface area contributed by atoms with E-state index in [0.29, 0.717) is 21.6 Å². The number of alkyl halides is 3. The highest BCUT2D eigenvalue weighted by molar-refractivity contribution is 9.10. The maximum Gasteiger partial charge on any atom is 0.416 e. The quantitative estimate of drug-likeness (QED) is 0.883. The van der Waals surface area contributed by atoms with Gasteiger partial charge in [-0.25, -0.2) is 0 Å². The lowest BCUT2D eigenvalue weighted by Gasteiger charge is -2.15. The number of halogens is 4. The van der Waals surface area contributed by atoms with Crippen LogP contribution >= 0.6 is 15.9 Å². The summed E-state index contributed by atoms with van der Waals surface area (Å²) >= 11 is 3.16. The van der Waals surface area contributed by atoms with Crippen molar-refractivity contribution in [3.05, 3.63) is 57.5 Å². The molecule has 2 N–H and O–H groups in total. The van der Waals surface area contributed by atoms with E-state index in [0.717, 1.165) is 12.1 Å². The Hall–Kier alpha value is -1.27. The van der Waals surface area contributed by atoms with Crippen molar-refractivity contribution in [1.82, 2.24) is 0 Å². The molecule has 0 fully saturated rings. The predicted octanol–water partition coefficient (Wildman–Crippen LogP) is 4.42. The largest absolute Gasteiger partial charge is 0.452 e. The summed E-state index contributed by atoms with van der Waals surface area (Å²) in [7, 11) is 0. The second-order valence-corrected chi connectivity index (χ2v) is 4.97. The van der Waals surface area contributed by atoms with Gasteiger partial charge in [-0.15, -0.1) is 0 Å². The van der Waals surface area contributed by atoms with E-state index >= 15 is 0 Å². The van der Waals surface area contributed by atoms with Crippen molar-refractivity contribution in [2.45, 2.75) is 19.1 Å². The first kappa shape index (κ1) is 14.1. The van der Waals surface area contributed by atoms with Gasteiger partial charge in [0.25, 0.3) is 0 Å². The fourth-order valence-electron chi connectivity index (χ4n) is 1.85. The van der Waals surface area contributed by atoms with Gasteiger partial charge in [-0.05, 0) is 58.2 Å². The van der Waals surface area contributed by atoms with Crippen LogP contribution < -0.4 is 5.73 Å². The van der Waals surface area contributed by atoms with E-state index in [-0.39, 0.29) is 0 Å². The van der Waals surface area contributed by atoms with E-state index in [9.17, 15) is 13.2 Å². The number of hydrogen-bond donors (Lipinski definition) is 1. The molecule has 0 amide bonds. The lowest BCUT2D eigenvalue weighted by molar-refractivity contribution is -0.137. The van der Waals surface area contributed by atoms with Crippen LogP contribution in [0, 0.1) is 6.92 Å². The minimum atomic E-state index is -4.35. The summed E-state index contributed by atoms with van der Waals surface area (Å²) in [6, 6.07) is 6.29. The molecule has 2 rings (SSSR count). The van der Waals surface area contributed by atoms with Crippen LogP contribution in [0.15, 0.2) is 39.4 Å². The number of nitrogens with two attached hydrogens (primary N) is 1. The highest BCUT2D eigenvalue weighted by Gasteiger charge is 2.31. The maximum atomic E-state index is 12.6. The molecule has 1 aromatic carbocycles. The van der Waals surface area contributed by atoms with Crippen molar-refractivity contribution >= 4 is 15.9 Å². The fourth-order valence-corrected chi connectivity index (χ4v) is 2.17. The Bertz CT molecular complexity index is 592. The van der Waals surface area contributed by atoms with Gasteiger partial charge in [0, 0.05) is 0 Å². The van der Waals surface area contributed by atoms with Crippen LogP contribution in [-0.4, -0.2) is 0 Å². The van der Waals surface area contributed by atoms with E-state index in [2.05, 4.69) is 15.9 Å². The van der Waals surface area contributed by atoms with E-state index in [1.807, 2.05) is 0 Å². The monoisotopic (exact) mass is 333 g/mol. The fraction of sp³-hybridized carbons (Fsp3) is 0.231. The van der Waals surface area contributed by atoms with E-state index < -0.39 is 17.8 Å². The second kappa shape index (κ2) is 5.02. The molecule has 6 heteroatoms. The molecule has 1 atom stereocenters. The molecule has 2 nitrogen and oxygen atoms in total. The molecule has 0 bridgehead atoms. The number of rotatable bonds is 2. The van der Waals surface area contributed by atoms with Crippen LogP contribution in [0.4, 0.5) is 13.2 Å². The van der Waals surface area contributed by atoms with Crippen molar-refractivity contribution in [3.63, 3.8) is 0 Å². The van der Waals surface area contributed by atoms with Crippen molar-refractivity contribution < 1.29 is 17.6 Å². The summed E-state index contributed by atoms with van der Waals surface area (Å²) in [4.78, 5) is 0. The van der Waals surface area contributed by atoms with Crippen LogP contribution in [0.25, 0.3) is 0 Å². The van der Waals surface area contributed by atoms with Crippen molar-refractivity contribution in [3.8, 4) is 0 Å². The highest BCUT2D eigenvalue weighted by Crippen LogP contribution is 2.33. The molecule has 0 aliphatic heterocycles. The van der Waals surface area contributed by atoms with Crippen LogP contribution in [0.3, 0.4) is 0 Å². The molecule has 19 heavy (non-hydrogen) atoms. The van der Waals surface area contributed by atoms with Gasteiger partial charge in [0.2, 0.25) is 0 Å². The summed E-state index contributed by atoms with van der Waals surface area (Å²) < 4.78 is 43.6. The molecule has 102 valence electrons. The SMILES string of the molecule is Cc1cc(C(F)(F)F)ccc1C(N)c1ccc(Br)o1. The first-order valence-corrected chi connectivity index (χ1v) is 6.27. The van der Waals surface area contributed by atoms with E-state index in [1.165, 1.54) is 6.07 Å². The third-order valence-corrected chi connectivity index (χ3v) is 3.26. The first-order valence-electron chi connectivity index (χ1n) is 5.47. The van der Waals surface area contributed by atoms with Gasteiger partial charge < -0.3 is 10.2 Å². The summed E-state index contributed by atoms with van der Waals surface area (Å²) in [5.74, 6) is 0.495. The Labute approximate surface area is 116 Å². The van der Waals surface area contributed by atoms with Gasteiger partial charge in [-0.2, -0.15) is 13.2 Å². The molecule has 1 heterocycles. The maximum absolute atomic E-state index is 12.6. The molecule has 1 unspecified atom stereocenters. The Morgan fingerprint density at radius 1 is 1.21 bits per heavy atom. The molecular formula is C13H11BrF3NO. The molecule has 2 aromatic rings. The third-order valence-electron chi connectivity index (χ3n) is 2.83. The zero-order valence-electron chi connectivity index (χ0n) is 9.96. The van der Waals surface area contributed by atoms with Crippen molar-refractivity contribution in [1.29, 1.82) is 0 Å². The molecule has 0 aliphatic rings. The third kappa shape index (κ3) is 3.01. The minimum Gasteiger partial charge on any atom is -0.452 e. The van der Waals surface area contributed by atoms with Gasteiger partial charge in [-0.1, -0.05) is 6.07 Å². The summed E-state index contributed by atoms with van der Waals surface area (Å²) in [6.07, 6.45) is -4.35. The highest BCUT2D eigenvalue weighted by atomic mass is 79.9. The van der Waals surface area contributed by atoms with E-state index in [4.69, 9.17) is 10.2 Å². The Morgan fingerprint density at radius 3 is 2.37 bits per heavy atom. The summed E-state index contributed by atoms with van der Waals surface area (Å²) in [6.45, 7) is 1.60. The van der Waals surface area contributed by atoms with Crippen molar-refractivity contribution in [2.24, 2.45) is 5.73 Å². The molecule has 0 aliphatic carbocycles. The van der Waals surface area contributed by atoms with Crippen LogP contribution in [-0.2, 0) is 6.18 Å². The predicted molar refractivity (Wildman–Crippen MR) is 68.6 cm³/mol. The van der Waals surface area contributed by atoms with Gasteiger partial charge in [0.1, 0.15) is 5.76 Å². The lowest BCUT2D eigenvalue weighted by atomic mass is 9.98. The first-order chi connectivity index (χ1) is 8.79. The molecule has 0 spiro atoms. The van der Waals surface area contributed by atoms with Gasteiger partial charge in [-0.3, -0.25) is 0 Å². The topological polar surface area (TPSA) is 39.2 Å². The summed E-state index contributed by atoms with van der Waals surface area (Å²) in [5, 5.41) is 0. The molecule has 1 aromatic heterocycles. The van der Waals surface area contributed by atoms with Crippen molar-refractivity contribution in [2.75, 3.05) is 0 Å². The zero-order chi connectivity index (χ0) is 14.2. The molecule has 0 saturated heterocycles. The second-order valence-electron chi connectivity index (χ2n) is 4.19. The smallest absolute Gasteiger partial charge is 0.416 e. The molecule has 0 radical (unpaired) electrons. The Balaban J connectivity index is 2.36. The van der Waals surface area contributed by atoms with Crippen LogP contribution in [0.1, 0.15) is 28.5 Å².